The fourth-order valence-corrected chi connectivity index (χ4v) is 5.34. The number of nitrogens with one attached hydrogen (secondary N) is 1. The second kappa shape index (κ2) is 7.57. The zero-order chi connectivity index (χ0) is 17.1. The zero-order valence-corrected chi connectivity index (χ0v) is 15.7. The Kier molecular flexibility index (Phi) is 5.46. The predicted molar refractivity (Wildman–Crippen MR) is 101 cm³/mol. The van der Waals surface area contributed by atoms with Crippen molar-refractivity contribution < 1.29 is 4.79 Å². The SMILES string of the molecule is CC[C@@H]1c2c(SCC(=O)Nc3ccccc3)nc(C)nc2S[C@@H]1C. The van der Waals surface area contributed by atoms with Crippen LogP contribution >= 0.6 is 23.5 Å². The highest BCUT2D eigenvalue weighted by Gasteiger charge is 2.33. The van der Waals surface area contributed by atoms with E-state index in [1.54, 1.807) is 0 Å². The standard InChI is InChI=1S/C18H21N3OS2/c1-4-14-11(2)24-18-16(14)17(19-12(3)20-18)23-10-15(22)21-13-8-6-5-7-9-13/h5-9,11,14H,4,10H2,1-3H3,(H,21,22)/t11-,14+/m1/s1. The molecule has 1 N–H and O–H groups in total. The summed E-state index contributed by atoms with van der Waals surface area (Å²) in [6, 6.07) is 9.53. The molecule has 126 valence electrons. The van der Waals surface area contributed by atoms with Gasteiger partial charge in [-0.25, -0.2) is 9.97 Å². The zero-order valence-electron chi connectivity index (χ0n) is 14.1. The van der Waals surface area contributed by atoms with Crippen molar-refractivity contribution >= 4 is 35.1 Å². The molecule has 0 saturated carbocycles. The lowest BCUT2D eigenvalue weighted by Crippen LogP contribution is -2.15. The number of hydrogen-bond donors (Lipinski definition) is 1. The molecule has 1 amide bonds. The van der Waals surface area contributed by atoms with Gasteiger partial charge in [0.1, 0.15) is 15.9 Å². The highest BCUT2D eigenvalue weighted by Crippen LogP contribution is 2.48. The van der Waals surface area contributed by atoms with Crippen LogP contribution in [-0.2, 0) is 4.79 Å². The number of rotatable bonds is 5. The van der Waals surface area contributed by atoms with Gasteiger partial charge in [0.15, 0.2) is 0 Å². The second-order valence-electron chi connectivity index (χ2n) is 5.84. The second-order valence-corrected chi connectivity index (χ2v) is 8.17. The van der Waals surface area contributed by atoms with Gasteiger partial charge in [-0.3, -0.25) is 4.79 Å². The molecule has 0 bridgehead atoms. The molecule has 1 aliphatic heterocycles. The summed E-state index contributed by atoms with van der Waals surface area (Å²) < 4.78 is 0. The van der Waals surface area contributed by atoms with Crippen molar-refractivity contribution in [2.24, 2.45) is 0 Å². The minimum Gasteiger partial charge on any atom is -0.325 e. The Hall–Kier alpha value is -1.53. The van der Waals surface area contributed by atoms with Gasteiger partial charge >= 0.3 is 0 Å². The number of benzene rings is 1. The third kappa shape index (κ3) is 3.75. The van der Waals surface area contributed by atoms with Gasteiger partial charge in [0.25, 0.3) is 0 Å². The maximum Gasteiger partial charge on any atom is 0.234 e. The lowest BCUT2D eigenvalue weighted by molar-refractivity contribution is -0.113. The van der Waals surface area contributed by atoms with E-state index in [9.17, 15) is 4.79 Å². The summed E-state index contributed by atoms with van der Waals surface area (Å²) in [4.78, 5) is 21.4. The van der Waals surface area contributed by atoms with Gasteiger partial charge in [0, 0.05) is 22.4 Å². The van der Waals surface area contributed by atoms with Gasteiger partial charge in [0.2, 0.25) is 5.91 Å². The van der Waals surface area contributed by atoms with E-state index in [-0.39, 0.29) is 5.91 Å². The van der Waals surface area contributed by atoms with E-state index in [1.807, 2.05) is 49.0 Å². The fraction of sp³-hybridized carbons (Fsp3) is 0.389. The Morgan fingerprint density at radius 3 is 2.75 bits per heavy atom. The number of hydrogen-bond acceptors (Lipinski definition) is 5. The van der Waals surface area contributed by atoms with Crippen molar-refractivity contribution in [1.82, 2.24) is 9.97 Å². The number of amides is 1. The van der Waals surface area contributed by atoms with Crippen LogP contribution in [-0.4, -0.2) is 26.9 Å². The first-order valence-corrected chi connectivity index (χ1v) is 9.98. The third-order valence-corrected chi connectivity index (χ3v) is 6.29. The molecule has 1 aromatic carbocycles. The fourth-order valence-electron chi connectivity index (χ4n) is 2.93. The number of anilines is 1. The molecule has 4 nitrogen and oxygen atoms in total. The van der Waals surface area contributed by atoms with Gasteiger partial charge in [-0.05, 0) is 25.5 Å². The third-order valence-electron chi connectivity index (χ3n) is 4.06. The number of carbonyl (C=O) groups excluding carboxylic acids is 1. The van der Waals surface area contributed by atoms with Crippen molar-refractivity contribution in [3.05, 3.63) is 41.7 Å². The molecule has 2 heterocycles. The van der Waals surface area contributed by atoms with Crippen molar-refractivity contribution in [2.75, 3.05) is 11.1 Å². The van der Waals surface area contributed by atoms with Gasteiger partial charge in [-0.15, -0.1) is 11.8 Å². The van der Waals surface area contributed by atoms with Crippen LogP contribution in [0.15, 0.2) is 40.4 Å². The summed E-state index contributed by atoms with van der Waals surface area (Å²) in [6.07, 6.45) is 1.07. The molecular weight excluding hydrogens is 338 g/mol. The molecule has 24 heavy (non-hydrogen) atoms. The molecule has 2 atom stereocenters. The predicted octanol–water partition coefficient (Wildman–Crippen LogP) is 4.50. The van der Waals surface area contributed by atoms with Crippen LogP contribution in [0.4, 0.5) is 5.69 Å². The number of aryl methyl sites for hydroxylation is 1. The highest BCUT2D eigenvalue weighted by molar-refractivity contribution is 8.01. The molecule has 3 rings (SSSR count). The maximum atomic E-state index is 12.2. The van der Waals surface area contributed by atoms with E-state index in [2.05, 4.69) is 29.1 Å². The molecule has 0 aliphatic carbocycles. The summed E-state index contributed by atoms with van der Waals surface area (Å²) in [5.41, 5.74) is 2.06. The van der Waals surface area contributed by atoms with Crippen LogP contribution in [0.5, 0.6) is 0 Å². The van der Waals surface area contributed by atoms with Gasteiger partial charge in [0.05, 0.1) is 5.75 Å². The van der Waals surface area contributed by atoms with E-state index in [1.165, 1.54) is 17.3 Å². The molecule has 2 aromatic rings. The Balaban J connectivity index is 1.73. The molecule has 0 radical (unpaired) electrons. The molecule has 0 spiro atoms. The molecule has 0 fully saturated rings. The molecule has 1 aliphatic rings. The summed E-state index contributed by atoms with van der Waals surface area (Å²) in [6.45, 7) is 6.36. The molecule has 1 aromatic heterocycles. The summed E-state index contributed by atoms with van der Waals surface area (Å²) in [5, 5.41) is 5.49. The lowest BCUT2D eigenvalue weighted by Gasteiger charge is -2.15. The largest absolute Gasteiger partial charge is 0.325 e. The van der Waals surface area contributed by atoms with Gasteiger partial charge in [-0.1, -0.05) is 43.8 Å². The summed E-state index contributed by atoms with van der Waals surface area (Å²) >= 11 is 3.34. The van der Waals surface area contributed by atoms with Crippen LogP contribution < -0.4 is 5.32 Å². The van der Waals surface area contributed by atoms with E-state index in [0.717, 1.165) is 28.0 Å². The van der Waals surface area contributed by atoms with E-state index < -0.39 is 0 Å². The Bertz CT molecular complexity index is 737. The summed E-state index contributed by atoms with van der Waals surface area (Å²) in [5.74, 6) is 1.58. The van der Waals surface area contributed by atoms with Crippen LogP contribution in [0.25, 0.3) is 0 Å². The number of thioether (sulfide) groups is 2. The number of aromatic nitrogens is 2. The van der Waals surface area contributed by atoms with E-state index in [0.29, 0.717) is 16.9 Å². The molecular formula is C18H21N3OS2. The van der Waals surface area contributed by atoms with E-state index in [4.69, 9.17) is 0 Å². The lowest BCUT2D eigenvalue weighted by atomic mass is 9.96. The quantitative estimate of drug-likeness (QED) is 0.629. The maximum absolute atomic E-state index is 12.2. The van der Waals surface area contributed by atoms with Crippen LogP contribution in [0.3, 0.4) is 0 Å². The average molecular weight is 360 g/mol. The van der Waals surface area contributed by atoms with Crippen LogP contribution in [0.1, 0.15) is 37.6 Å². The average Bonchev–Trinajstić information content (AvgIpc) is 2.88. The Labute approximate surface area is 151 Å². The molecule has 0 unspecified atom stereocenters. The first-order chi connectivity index (χ1) is 11.6. The van der Waals surface area contributed by atoms with E-state index >= 15 is 0 Å². The number of nitrogens with zero attached hydrogens (tertiary/aromatic N) is 2. The van der Waals surface area contributed by atoms with Crippen LogP contribution in [0, 0.1) is 6.92 Å². The first kappa shape index (κ1) is 17.3. The van der Waals surface area contributed by atoms with Gasteiger partial charge < -0.3 is 5.32 Å². The normalized spacial score (nSPS) is 19.1. The van der Waals surface area contributed by atoms with Crippen molar-refractivity contribution in [3.63, 3.8) is 0 Å². The monoisotopic (exact) mass is 359 g/mol. The smallest absolute Gasteiger partial charge is 0.234 e. The highest BCUT2D eigenvalue weighted by atomic mass is 32.2. The van der Waals surface area contributed by atoms with Crippen molar-refractivity contribution in [1.29, 1.82) is 0 Å². The Morgan fingerprint density at radius 2 is 2.04 bits per heavy atom. The number of carbonyl (C=O) groups is 1. The topological polar surface area (TPSA) is 54.9 Å². The van der Waals surface area contributed by atoms with Crippen LogP contribution in [0.2, 0.25) is 0 Å². The minimum atomic E-state index is -0.0111. The molecule has 6 heteroatoms. The van der Waals surface area contributed by atoms with Gasteiger partial charge in [-0.2, -0.15) is 0 Å². The number of para-hydroxylation sites is 1. The summed E-state index contributed by atoms with van der Waals surface area (Å²) in [7, 11) is 0. The first-order valence-electron chi connectivity index (χ1n) is 8.11. The van der Waals surface area contributed by atoms with Crippen molar-refractivity contribution in [3.8, 4) is 0 Å². The number of fused-ring (bicyclic) bond motifs is 1. The van der Waals surface area contributed by atoms with Crippen molar-refractivity contribution in [2.45, 2.75) is 48.4 Å². The Morgan fingerprint density at radius 1 is 1.29 bits per heavy atom. The minimum absolute atomic E-state index is 0.0111. The molecule has 0 saturated heterocycles.